The number of rotatable bonds is 7. The Morgan fingerprint density at radius 3 is 3.24 bits per heavy atom. The van der Waals surface area contributed by atoms with E-state index in [0.717, 1.165) is 19.0 Å². The van der Waals surface area contributed by atoms with Crippen LogP contribution in [0, 0.1) is 5.92 Å². The molecule has 17 heavy (non-hydrogen) atoms. The third kappa shape index (κ3) is 4.41. The summed E-state index contributed by atoms with van der Waals surface area (Å²) in [5.41, 5.74) is 0. The van der Waals surface area contributed by atoms with Crippen LogP contribution in [-0.2, 0) is 6.54 Å². The molecule has 1 saturated heterocycles. The quantitative estimate of drug-likeness (QED) is 0.751. The van der Waals surface area contributed by atoms with Gasteiger partial charge in [0.1, 0.15) is 0 Å². The monoisotopic (exact) mass is 252 g/mol. The molecule has 1 aliphatic heterocycles. The zero-order valence-electron chi connectivity index (χ0n) is 10.8. The number of likely N-dealkylation sites (tertiary alicyclic amines) is 1. The minimum absolute atomic E-state index is 0.970. The van der Waals surface area contributed by atoms with Crippen LogP contribution in [-0.4, -0.2) is 31.1 Å². The molecule has 2 nitrogen and oxygen atoms in total. The highest BCUT2D eigenvalue weighted by Crippen LogP contribution is 2.20. The van der Waals surface area contributed by atoms with Crippen LogP contribution in [0.15, 0.2) is 17.5 Å². The lowest BCUT2D eigenvalue weighted by Gasteiger charge is -2.16. The van der Waals surface area contributed by atoms with Crippen LogP contribution in [0.4, 0.5) is 0 Å². The maximum Gasteiger partial charge on any atom is 0.0300 e. The molecule has 2 heterocycles. The molecule has 1 N–H and O–H groups in total. The van der Waals surface area contributed by atoms with E-state index in [2.05, 4.69) is 34.7 Å². The van der Waals surface area contributed by atoms with E-state index in [4.69, 9.17) is 0 Å². The fourth-order valence-electron chi connectivity index (χ4n) is 2.62. The molecule has 3 heteroatoms. The average Bonchev–Trinajstić information content (AvgIpc) is 2.96. The molecule has 1 aromatic heterocycles. The molecular formula is C14H24N2S. The largest absolute Gasteiger partial charge is 0.311 e. The third-order valence-electron chi connectivity index (χ3n) is 3.55. The Morgan fingerprint density at radius 2 is 2.47 bits per heavy atom. The van der Waals surface area contributed by atoms with Crippen molar-refractivity contribution in [2.45, 2.75) is 32.7 Å². The number of hydrogen-bond donors (Lipinski definition) is 1. The molecule has 96 valence electrons. The summed E-state index contributed by atoms with van der Waals surface area (Å²) in [6.07, 6.45) is 4.17. The van der Waals surface area contributed by atoms with E-state index in [9.17, 15) is 0 Å². The van der Waals surface area contributed by atoms with Crippen LogP contribution in [0.2, 0.25) is 0 Å². The Hall–Kier alpha value is -0.380. The van der Waals surface area contributed by atoms with Gasteiger partial charge in [0.2, 0.25) is 0 Å². The van der Waals surface area contributed by atoms with Crippen molar-refractivity contribution in [1.29, 1.82) is 0 Å². The van der Waals surface area contributed by atoms with Crippen LogP contribution in [0.3, 0.4) is 0 Å². The molecular weight excluding hydrogens is 228 g/mol. The summed E-state index contributed by atoms with van der Waals surface area (Å²) in [5.74, 6) is 0.970. The summed E-state index contributed by atoms with van der Waals surface area (Å²) in [6, 6.07) is 4.32. The van der Waals surface area contributed by atoms with Gasteiger partial charge in [-0.3, -0.25) is 0 Å². The first kappa shape index (κ1) is 13.1. The van der Waals surface area contributed by atoms with E-state index in [0.29, 0.717) is 0 Å². The molecule has 1 atom stereocenters. The van der Waals surface area contributed by atoms with Gasteiger partial charge in [-0.15, -0.1) is 11.3 Å². The normalized spacial score (nSPS) is 21.1. The summed E-state index contributed by atoms with van der Waals surface area (Å²) >= 11 is 1.84. The van der Waals surface area contributed by atoms with Gasteiger partial charge >= 0.3 is 0 Å². The van der Waals surface area contributed by atoms with Gasteiger partial charge in [-0.05, 0) is 36.8 Å². The molecule has 1 aliphatic rings. The van der Waals surface area contributed by atoms with Gasteiger partial charge in [0.15, 0.2) is 0 Å². The standard InChI is InChI=1S/C14H24N2S/c1-2-4-13-6-8-16(12-13)9-7-15-11-14-5-3-10-17-14/h3,5,10,13,15H,2,4,6-9,11-12H2,1H3. The van der Waals surface area contributed by atoms with E-state index in [1.807, 2.05) is 11.3 Å². The van der Waals surface area contributed by atoms with Gasteiger partial charge in [0.05, 0.1) is 0 Å². The Kier molecular flexibility index (Phi) is 5.49. The molecule has 0 aromatic carbocycles. The lowest BCUT2D eigenvalue weighted by molar-refractivity contribution is 0.318. The predicted octanol–water partition coefficient (Wildman–Crippen LogP) is 2.96. The van der Waals surface area contributed by atoms with E-state index in [1.165, 1.54) is 43.8 Å². The molecule has 1 aromatic rings. The molecule has 0 spiro atoms. The van der Waals surface area contributed by atoms with Crippen molar-refractivity contribution in [2.75, 3.05) is 26.2 Å². The summed E-state index contributed by atoms with van der Waals surface area (Å²) in [6.45, 7) is 8.30. The second-order valence-electron chi connectivity index (χ2n) is 5.00. The maximum atomic E-state index is 3.53. The first-order valence-electron chi connectivity index (χ1n) is 6.84. The van der Waals surface area contributed by atoms with Crippen molar-refractivity contribution < 1.29 is 0 Å². The molecule has 0 aliphatic carbocycles. The van der Waals surface area contributed by atoms with Crippen molar-refractivity contribution in [2.24, 2.45) is 5.92 Å². The van der Waals surface area contributed by atoms with Crippen molar-refractivity contribution in [3.8, 4) is 0 Å². The van der Waals surface area contributed by atoms with Crippen molar-refractivity contribution >= 4 is 11.3 Å². The Labute approximate surface area is 109 Å². The molecule has 1 unspecified atom stereocenters. The lowest BCUT2D eigenvalue weighted by Crippen LogP contribution is -2.30. The van der Waals surface area contributed by atoms with E-state index in [-0.39, 0.29) is 0 Å². The average molecular weight is 252 g/mol. The molecule has 2 rings (SSSR count). The van der Waals surface area contributed by atoms with Gasteiger partial charge in [0, 0.05) is 31.1 Å². The van der Waals surface area contributed by atoms with Crippen molar-refractivity contribution in [1.82, 2.24) is 10.2 Å². The summed E-state index contributed by atoms with van der Waals surface area (Å²) in [4.78, 5) is 4.05. The minimum atomic E-state index is 0.970. The van der Waals surface area contributed by atoms with E-state index >= 15 is 0 Å². The van der Waals surface area contributed by atoms with E-state index in [1.54, 1.807) is 0 Å². The van der Waals surface area contributed by atoms with Gasteiger partial charge in [-0.25, -0.2) is 0 Å². The van der Waals surface area contributed by atoms with Gasteiger partial charge in [-0.2, -0.15) is 0 Å². The molecule has 0 bridgehead atoms. The highest BCUT2D eigenvalue weighted by molar-refractivity contribution is 7.09. The summed E-state index contributed by atoms with van der Waals surface area (Å²) in [5, 5.41) is 5.68. The number of nitrogens with one attached hydrogen (secondary N) is 1. The van der Waals surface area contributed by atoms with Gasteiger partial charge in [0.25, 0.3) is 0 Å². The fraction of sp³-hybridized carbons (Fsp3) is 0.714. The Bertz CT molecular complexity index is 297. The van der Waals surface area contributed by atoms with Crippen LogP contribution in [0.5, 0.6) is 0 Å². The van der Waals surface area contributed by atoms with Gasteiger partial charge in [-0.1, -0.05) is 19.4 Å². The topological polar surface area (TPSA) is 15.3 Å². The highest BCUT2D eigenvalue weighted by Gasteiger charge is 2.20. The molecule has 1 fully saturated rings. The zero-order valence-corrected chi connectivity index (χ0v) is 11.6. The SMILES string of the molecule is CCCC1CCN(CCNCc2cccs2)C1. The fourth-order valence-corrected chi connectivity index (χ4v) is 3.30. The smallest absolute Gasteiger partial charge is 0.0300 e. The minimum Gasteiger partial charge on any atom is -0.311 e. The molecule has 0 radical (unpaired) electrons. The number of thiophene rings is 1. The van der Waals surface area contributed by atoms with Crippen molar-refractivity contribution in [3.63, 3.8) is 0 Å². The predicted molar refractivity (Wildman–Crippen MR) is 75.5 cm³/mol. The first-order chi connectivity index (χ1) is 8.38. The third-order valence-corrected chi connectivity index (χ3v) is 4.43. The van der Waals surface area contributed by atoms with E-state index < -0.39 is 0 Å². The lowest BCUT2D eigenvalue weighted by atomic mass is 10.0. The summed E-state index contributed by atoms with van der Waals surface area (Å²) in [7, 11) is 0. The zero-order chi connectivity index (χ0) is 11.9. The van der Waals surface area contributed by atoms with Crippen LogP contribution < -0.4 is 5.32 Å². The Balaban J connectivity index is 1.54. The Morgan fingerprint density at radius 1 is 1.53 bits per heavy atom. The maximum absolute atomic E-state index is 3.53. The van der Waals surface area contributed by atoms with Gasteiger partial charge < -0.3 is 10.2 Å². The number of hydrogen-bond acceptors (Lipinski definition) is 3. The second-order valence-corrected chi connectivity index (χ2v) is 6.03. The van der Waals surface area contributed by atoms with Crippen molar-refractivity contribution in [3.05, 3.63) is 22.4 Å². The van der Waals surface area contributed by atoms with Crippen LogP contribution in [0.25, 0.3) is 0 Å². The molecule has 0 saturated carbocycles. The summed E-state index contributed by atoms with van der Waals surface area (Å²) < 4.78 is 0. The second kappa shape index (κ2) is 7.14. The molecule has 0 amide bonds. The van der Waals surface area contributed by atoms with Crippen LogP contribution >= 0.6 is 11.3 Å². The number of nitrogens with zero attached hydrogens (tertiary/aromatic N) is 1. The highest BCUT2D eigenvalue weighted by atomic mass is 32.1. The first-order valence-corrected chi connectivity index (χ1v) is 7.72. The van der Waals surface area contributed by atoms with Crippen LogP contribution in [0.1, 0.15) is 31.1 Å².